The van der Waals surface area contributed by atoms with Crippen LogP contribution < -0.4 is 20.3 Å². The largest absolute Gasteiger partial charge is 0.494 e. The Morgan fingerprint density at radius 2 is 1.75 bits per heavy atom. The summed E-state index contributed by atoms with van der Waals surface area (Å²) in [5.74, 6) is -0.381. The van der Waals surface area contributed by atoms with E-state index in [2.05, 4.69) is 25.7 Å². The molecule has 1 saturated carbocycles. The van der Waals surface area contributed by atoms with Crippen molar-refractivity contribution >= 4 is 39.1 Å². The van der Waals surface area contributed by atoms with Gasteiger partial charge in [0.15, 0.2) is 0 Å². The predicted octanol–water partition coefficient (Wildman–Crippen LogP) is 3.58. The highest BCUT2D eigenvalue weighted by molar-refractivity contribution is 6.14. The fourth-order valence-corrected chi connectivity index (χ4v) is 5.23. The Morgan fingerprint density at radius 3 is 2.47 bits per heavy atom. The number of piperidine rings is 1. The fourth-order valence-electron chi connectivity index (χ4n) is 5.23. The summed E-state index contributed by atoms with van der Waals surface area (Å²) in [6.07, 6.45) is 8.11. The summed E-state index contributed by atoms with van der Waals surface area (Å²) in [5, 5.41) is 17.0. The number of hydrogen-bond acceptors (Lipinski definition) is 6. The molecule has 0 radical (unpaired) electrons. The lowest BCUT2D eigenvalue weighted by molar-refractivity contribution is 0.102. The van der Waals surface area contributed by atoms with Crippen molar-refractivity contribution in [1.82, 2.24) is 24.9 Å². The molecule has 2 N–H and O–H groups in total. The van der Waals surface area contributed by atoms with Gasteiger partial charge in [0.05, 0.1) is 29.6 Å². The second kappa shape index (κ2) is 8.77. The Balaban J connectivity index is 1.31. The van der Waals surface area contributed by atoms with Crippen LogP contribution in [0.25, 0.3) is 21.8 Å². The van der Waals surface area contributed by atoms with E-state index < -0.39 is 11.7 Å². The quantitative estimate of drug-likeness (QED) is 0.429. The van der Waals surface area contributed by atoms with Crippen LogP contribution >= 0.6 is 0 Å². The van der Waals surface area contributed by atoms with E-state index in [-0.39, 0.29) is 5.56 Å². The molecule has 6 rings (SSSR count). The third-order valence-electron chi connectivity index (χ3n) is 7.13. The second-order valence-corrected chi connectivity index (χ2v) is 9.89. The molecular formula is C26H30FN7O2. The maximum Gasteiger partial charge on any atom is 0.258 e. The minimum Gasteiger partial charge on any atom is -0.494 e. The Morgan fingerprint density at radius 1 is 1.03 bits per heavy atom. The molecule has 188 valence electrons. The number of benzene rings is 2. The summed E-state index contributed by atoms with van der Waals surface area (Å²) < 4.78 is 24.5. The minimum absolute atomic E-state index is 0.186. The average Bonchev–Trinajstić information content (AvgIpc) is 3.46. The van der Waals surface area contributed by atoms with Crippen LogP contribution in [0.3, 0.4) is 0 Å². The fraction of sp³-hybridized carbons (Fsp3) is 0.423. The van der Waals surface area contributed by atoms with Crippen LogP contribution in [0.2, 0.25) is 0 Å². The van der Waals surface area contributed by atoms with Crippen molar-refractivity contribution in [3.8, 4) is 5.75 Å². The van der Waals surface area contributed by atoms with Crippen molar-refractivity contribution < 1.29 is 13.9 Å². The van der Waals surface area contributed by atoms with E-state index in [4.69, 9.17) is 4.74 Å². The summed E-state index contributed by atoms with van der Waals surface area (Å²) in [7, 11) is 5.15. The summed E-state index contributed by atoms with van der Waals surface area (Å²) >= 11 is 0. The molecule has 2 aliphatic rings. The van der Waals surface area contributed by atoms with Crippen LogP contribution in [-0.2, 0) is 14.1 Å². The first-order chi connectivity index (χ1) is 17.4. The van der Waals surface area contributed by atoms with E-state index in [1.165, 1.54) is 26.0 Å². The van der Waals surface area contributed by atoms with Crippen molar-refractivity contribution in [3.05, 3.63) is 42.0 Å². The number of nitrogens with zero attached hydrogens (tertiary/aromatic N) is 5. The Bertz CT molecular complexity index is 1460. The van der Waals surface area contributed by atoms with Gasteiger partial charge in [-0.15, -0.1) is 0 Å². The van der Waals surface area contributed by atoms with Gasteiger partial charge in [-0.05, 0) is 37.8 Å². The molecule has 2 aromatic carbocycles. The lowest BCUT2D eigenvalue weighted by Crippen LogP contribution is -2.43. The van der Waals surface area contributed by atoms with Crippen LogP contribution in [0.1, 0.15) is 36.0 Å². The maximum absolute atomic E-state index is 15.6. The second-order valence-electron chi connectivity index (χ2n) is 9.89. The number of halogens is 1. The number of amides is 1. The zero-order valence-corrected chi connectivity index (χ0v) is 20.7. The highest BCUT2D eigenvalue weighted by Crippen LogP contribution is 2.35. The molecule has 0 atom stereocenters. The zero-order valence-electron chi connectivity index (χ0n) is 20.7. The lowest BCUT2D eigenvalue weighted by Gasteiger charge is -2.34. The first-order valence-corrected chi connectivity index (χ1v) is 12.4. The number of carbonyl (C=O) groups is 1. The smallest absolute Gasteiger partial charge is 0.258 e. The van der Waals surface area contributed by atoms with Crippen molar-refractivity contribution in [2.45, 2.75) is 37.8 Å². The van der Waals surface area contributed by atoms with Crippen LogP contribution in [0.4, 0.5) is 15.8 Å². The van der Waals surface area contributed by atoms with Gasteiger partial charge < -0.3 is 20.3 Å². The van der Waals surface area contributed by atoms with Gasteiger partial charge in [0.1, 0.15) is 17.1 Å². The number of ether oxygens (including phenoxy) is 1. The highest BCUT2D eigenvalue weighted by atomic mass is 19.1. The van der Waals surface area contributed by atoms with E-state index >= 15 is 4.39 Å². The van der Waals surface area contributed by atoms with E-state index in [1.54, 1.807) is 34.7 Å². The molecule has 1 saturated heterocycles. The highest BCUT2D eigenvalue weighted by Gasteiger charge is 2.30. The number of fused-ring (bicyclic) bond motifs is 2. The van der Waals surface area contributed by atoms with Crippen LogP contribution in [-0.4, -0.2) is 57.8 Å². The third-order valence-corrected chi connectivity index (χ3v) is 7.13. The molecule has 1 amide bonds. The third kappa shape index (κ3) is 4.15. The van der Waals surface area contributed by atoms with E-state index in [0.29, 0.717) is 40.1 Å². The number of aryl methyl sites for hydroxylation is 2. The van der Waals surface area contributed by atoms with Gasteiger partial charge in [0.2, 0.25) is 0 Å². The molecule has 9 nitrogen and oxygen atoms in total. The van der Waals surface area contributed by atoms with E-state index in [9.17, 15) is 4.79 Å². The molecule has 1 aliphatic carbocycles. The van der Waals surface area contributed by atoms with Gasteiger partial charge in [-0.25, -0.2) is 4.39 Å². The number of hydrogen-bond donors (Lipinski definition) is 2. The van der Waals surface area contributed by atoms with Crippen molar-refractivity contribution in [1.29, 1.82) is 0 Å². The monoisotopic (exact) mass is 491 g/mol. The first kappa shape index (κ1) is 22.8. The van der Waals surface area contributed by atoms with E-state index in [0.717, 1.165) is 36.8 Å². The zero-order chi connectivity index (χ0) is 25.0. The van der Waals surface area contributed by atoms with Crippen molar-refractivity contribution in [2.75, 3.05) is 30.4 Å². The van der Waals surface area contributed by atoms with Crippen molar-refractivity contribution in [3.63, 3.8) is 0 Å². The van der Waals surface area contributed by atoms with Crippen LogP contribution in [0.5, 0.6) is 5.75 Å². The number of aromatic nitrogens is 4. The van der Waals surface area contributed by atoms with Crippen LogP contribution in [0, 0.1) is 5.82 Å². The summed E-state index contributed by atoms with van der Waals surface area (Å²) in [6, 6.07) is 6.03. The number of nitrogens with one attached hydrogen (secondary N) is 2. The minimum atomic E-state index is -0.446. The standard InChI is InChI=1S/C26H30FN7O2/c1-32-13-15-10-22(23(36-3)12-21(15)30-32)29-26(35)18-11-20(27)25(19-14-33(2)31-24(18)19)34-8-6-17(7-9-34)28-16-4-5-16/h10-14,16-17,28H,4-9H2,1-3H3,(H,29,35). The average molecular weight is 492 g/mol. The van der Waals surface area contributed by atoms with Gasteiger partial charge in [-0.1, -0.05) is 0 Å². The van der Waals surface area contributed by atoms with Gasteiger partial charge >= 0.3 is 0 Å². The van der Waals surface area contributed by atoms with E-state index in [1.807, 2.05) is 13.2 Å². The molecule has 1 aliphatic heterocycles. The van der Waals surface area contributed by atoms with Gasteiger partial charge in [0.25, 0.3) is 5.91 Å². The molecule has 2 aromatic heterocycles. The topological polar surface area (TPSA) is 89.2 Å². The molecule has 0 bridgehead atoms. The summed E-state index contributed by atoms with van der Waals surface area (Å²) in [6.45, 7) is 1.53. The number of rotatable bonds is 6. The Kier molecular flexibility index (Phi) is 5.55. The van der Waals surface area contributed by atoms with Gasteiger partial charge in [-0.3, -0.25) is 14.2 Å². The summed E-state index contributed by atoms with van der Waals surface area (Å²) in [4.78, 5) is 15.5. The molecule has 10 heteroatoms. The first-order valence-electron chi connectivity index (χ1n) is 12.4. The maximum atomic E-state index is 15.6. The molecule has 3 heterocycles. The molecule has 2 fully saturated rings. The SMILES string of the molecule is COc1cc2nn(C)cc2cc1NC(=O)c1cc(F)c(N2CCC(NC3CC3)CC2)c2cn(C)nc12. The Hall–Kier alpha value is -3.66. The van der Waals surface area contributed by atoms with Gasteiger partial charge in [-0.2, -0.15) is 10.2 Å². The normalized spacial score (nSPS) is 16.7. The summed E-state index contributed by atoms with van der Waals surface area (Å²) in [5.41, 5.74) is 2.43. The Labute approximate surface area is 208 Å². The number of anilines is 2. The molecule has 0 spiro atoms. The molecular weight excluding hydrogens is 461 g/mol. The molecule has 4 aromatic rings. The number of carbonyl (C=O) groups excluding carboxylic acids is 1. The van der Waals surface area contributed by atoms with Gasteiger partial charge in [0, 0.05) is 68.5 Å². The lowest BCUT2D eigenvalue weighted by atomic mass is 10.0. The molecule has 36 heavy (non-hydrogen) atoms. The van der Waals surface area contributed by atoms with Crippen LogP contribution in [0.15, 0.2) is 30.6 Å². The number of methoxy groups -OCH3 is 1. The molecule has 0 unspecified atom stereocenters. The van der Waals surface area contributed by atoms with Crippen molar-refractivity contribution in [2.24, 2.45) is 14.1 Å². The predicted molar refractivity (Wildman–Crippen MR) is 137 cm³/mol.